The highest BCUT2D eigenvalue weighted by Crippen LogP contribution is 2.33. The predicted octanol–water partition coefficient (Wildman–Crippen LogP) is 4.44. The molecule has 0 aliphatic rings. The van der Waals surface area contributed by atoms with Crippen molar-refractivity contribution in [3.8, 4) is 34.1 Å². The van der Waals surface area contributed by atoms with Crippen LogP contribution in [-0.4, -0.2) is 31.6 Å². The van der Waals surface area contributed by atoms with Crippen LogP contribution < -0.4 is 10.5 Å². The maximum absolute atomic E-state index is 6.19. The second-order valence-corrected chi connectivity index (χ2v) is 7.16. The first kappa shape index (κ1) is 18.7. The number of ether oxygens (including phenoxy) is 1. The quantitative estimate of drug-likeness (QED) is 0.473. The van der Waals surface area contributed by atoms with E-state index in [1.165, 1.54) is 5.56 Å². The average Bonchev–Trinajstić information content (AvgIpc) is 3.18. The van der Waals surface area contributed by atoms with Crippen LogP contribution in [0.4, 0.5) is 5.82 Å². The summed E-state index contributed by atoms with van der Waals surface area (Å²) in [7, 11) is 1.64. The first-order chi connectivity index (χ1) is 15.2. The fraction of sp³-hybridized carbons (Fsp3) is 0.0833. The van der Waals surface area contributed by atoms with Crippen molar-refractivity contribution in [2.24, 2.45) is 0 Å². The van der Waals surface area contributed by atoms with Gasteiger partial charge in [-0.2, -0.15) is 0 Å². The summed E-state index contributed by atoms with van der Waals surface area (Å²) in [5.41, 5.74) is 12.1. The summed E-state index contributed by atoms with van der Waals surface area (Å²) < 4.78 is 7.51. The van der Waals surface area contributed by atoms with Gasteiger partial charge in [-0.25, -0.2) is 15.0 Å². The van der Waals surface area contributed by atoms with Gasteiger partial charge < -0.3 is 10.5 Å². The number of benzene rings is 1. The lowest BCUT2D eigenvalue weighted by molar-refractivity contribution is 0.416. The predicted molar refractivity (Wildman–Crippen MR) is 121 cm³/mol. The molecule has 0 fully saturated rings. The molecule has 0 bridgehead atoms. The smallest absolute Gasteiger partial charge is 0.165 e. The van der Waals surface area contributed by atoms with Crippen LogP contribution in [0.2, 0.25) is 0 Å². The fourth-order valence-electron chi connectivity index (χ4n) is 3.59. The van der Waals surface area contributed by atoms with E-state index in [9.17, 15) is 0 Å². The van der Waals surface area contributed by atoms with E-state index in [1.54, 1.807) is 25.7 Å². The number of nitrogens with zero attached hydrogens (tertiary/aromatic N) is 5. The number of anilines is 1. The number of hydrogen-bond donors (Lipinski definition) is 1. The molecule has 1 aromatic carbocycles. The first-order valence-electron chi connectivity index (χ1n) is 9.81. The molecule has 0 saturated carbocycles. The number of nitrogens with two attached hydrogens (primary N) is 1. The Kier molecular flexibility index (Phi) is 4.55. The van der Waals surface area contributed by atoms with Crippen molar-refractivity contribution in [2.45, 2.75) is 6.92 Å². The molecule has 7 nitrogen and oxygen atoms in total. The summed E-state index contributed by atoms with van der Waals surface area (Å²) in [5, 5.41) is 0. The summed E-state index contributed by atoms with van der Waals surface area (Å²) >= 11 is 0. The van der Waals surface area contributed by atoms with Crippen molar-refractivity contribution >= 4 is 17.0 Å². The average molecular weight is 408 g/mol. The van der Waals surface area contributed by atoms with Crippen LogP contribution in [-0.2, 0) is 0 Å². The number of aromatic nitrogens is 5. The summed E-state index contributed by atoms with van der Waals surface area (Å²) in [4.78, 5) is 18.3. The lowest BCUT2D eigenvalue weighted by atomic mass is 10.1. The Bertz CT molecular complexity index is 1390. The zero-order valence-electron chi connectivity index (χ0n) is 17.1. The number of nitrogen functional groups attached to an aromatic ring is 1. The Morgan fingerprint density at radius 3 is 2.52 bits per heavy atom. The SMILES string of the molecule is COc1ccncc1-c1ccc2nc(-c3cccnc3N)n(-c3ccc(C)cc3)c2n1. The van der Waals surface area contributed by atoms with E-state index in [2.05, 4.69) is 29.0 Å². The zero-order chi connectivity index (χ0) is 21.4. The Labute approximate surface area is 179 Å². The van der Waals surface area contributed by atoms with Crippen LogP contribution in [0.15, 0.2) is 73.2 Å². The molecule has 0 aliphatic heterocycles. The third-order valence-corrected chi connectivity index (χ3v) is 5.15. The molecule has 2 N–H and O–H groups in total. The number of rotatable bonds is 4. The molecule has 0 amide bonds. The minimum atomic E-state index is 0.417. The highest BCUT2D eigenvalue weighted by atomic mass is 16.5. The normalized spacial score (nSPS) is 11.0. The molecule has 4 aromatic heterocycles. The van der Waals surface area contributed by atoms with Crippen molar-refractivity contribution in [1.29, 1.82) is 0 Å². The van der Waals surface area contributed by atoms with E-state index in [1.807, 2.05) is 47.0 Å². The number of hydrogen-bond acceptors (Lipinski definition) is 6. The second kappa shape index (κ2) is 7.53. The number of aryl methyl sites for hydroxylation is 1. The highest BCUT2D eigenvalue weighted by molar-refractivity contribution is 5.85. The molecule has 0 unspecified atom stereocenters. The standard InChI is InChI=1S/C24H20N6O/c1-15-5-7-16(8-6-15)30-23(17-4-3-12-27-22(17)25)29-20-10-9-19(28-24(20)30)18-14-26-13-11-21(18)31-2/h3-14H,1-2H3,(H2,25,27). The molecule has 5 rings (SSSR count). The molecule has 0 spiro atoms. The number of methoxy groups -OCH3 is 1. The molecule has 0 radical (unpaired) electrons. The molecule has 152 valence electrons. The molecule has 4 heterocycles. The van der Waals surface area contributed by atoms with Gasteiger partial charge in [0.1, 0.15) is 17.1 Å². The zero-order valence-corrected chi connectivity index (χ0v) is 17.1. The van der Waals surface area contributed by atoms with Crippen LogP contribution in [0.5, 0.6) is 5.75 Å². The van der Waals surface area contributed by atoms with Crippen molar-refractivity contribution in [3.05, 3.63) is 78.8 Å². The summed E-state index contributed by atoms with van der Waals surface area (Å²) in [5.74, 6) is 1.81. The van der Waals surface area contributed by atoms with Crippen molar-refractivity contribution in [3.63, 3.8) is 0 Å². The lowest BCUT2D eigenvalue weighted by Gasteiger charge is -2.11. The molecule has 0 saturated heterocycles. The lowest BCUT2D eigenvalue weighted by Crippen LogP contribution is -2.02. The second-order valence-electron chi connectivity index (χ2n) is 7.16. The fourth-order valence-corrected chi connectivity index (χ4v) is 3.59. The molecule has 7 heteroatoms. The van der Waals surface area contributed by atoms with Crippen LogP contribution in [0.3, 0.4) is 0 Å². The van der Waals surface area contributed by atoms with Gasteiger partial charge in [-0.3, -0.25) is 9.55 Å². The Morgan fingerprint density at radius 2 is 1.74 bits per heavy atom. The number of imidazole rings is 1. The van der Waals surface area contributed by atoms with Crippen molar-refractivity contribution in [2.75, 3.05) is 12.8 Å². The molecule has 0 atom stereocenters. The van der Waals surface area contributed by atoms with E-state index in [0.29, 0.717) is 23.0 Å². The maximum Gasteiger partial charge on any atom is 0.165 e. The van der Waals surface area contributed by atoms with Gasteiger partial charge in [0.05, 0.1) is 23.9 Å². The Morgan fingerprint density at radius 1 is 0.903 bits per heavy atom. The molecule has 31 heavy (non-hydrogen) atoms. The maximum atomic E-state index is 6.19. The minimum Gasteiger partial charge on any atom is -0.496 e. The van der Waals surface area contributed by atoms with Gasteiger partial charge in [-0.1, -0.05) is 17.7 Å². The van der Waals surface area contributed by atoms with E-state index in [-0.39, 0.29) is 0 Å². The number of pyridine rings is 3. The van der Waals surface area contributed by atoms with Crippen LogP contribution in [0, 0.1) is 6.92 Å². The first-order valence-corrected chi connectivity index (χ1v) is 9.81. The van der Waals surface area contributed by atoms with Gasteiger partial charge in [-0.15, -0.1) is 0 Å². The summed E-state index contributed by atoms with van der Waals surface area (Å²) in [6.45, 7) is 2.06. The van der Waals surface area contributed by atoms with Gasteiger partial charge in [0, 0.05) is 24.3 Å². The van der Waals surface area contributed by atoms with Crippen molar-refractivity contribution in [1.82, 2.24) is 24.5 Å². The van der Waals surface area contributed by atoms with E-state index < -0.39 is 0 Å². The van der Waals surface area contributed by atoms with Gasteiger partial charge in [0.25, 0.3) is 0 Å². The Balaban J connectivity index is 1.81. The van der Waals surface area contributed by atoms with E-state index in [4.69, 9.17) is 20.4 Å². The van der Waals surface area contributed by atoms with E-state index in [0.717, 1.165) is 28.0 Å². The summed E-state index contributed by atoms with van der Waals surface area (Å²) in [6.07, 6.45) is 5.11. The molecular formula is C24H20N6O. The molecular weight excluding hydrogens is 388 g/mol. The highest BCUT2D eigenvalue weighted by Gasteiger charge is 2.19. The van der Waals surface area contributed by atoms with Crippen LogP contribution in [0.25, 0.3) is 39.5 Å². The van der Waals surface area contributed by atoms with Gasteiger partial charge >= 0.3 is 0 Å². The van der Waals surface area contributed by atoms with E-state index >= 15 is 0 Å². The van der Waals surface area contributed by atoms with Gasteiger partial charge in [0.2, 0.25) is 0 Å². The third-order valence-electron chi connectivity index (χ3n) is 5.15. The number of fused-ring (bicyclic) bond motifs is 1. The molecule has 0 aliphatic carbocycles. The van der Waals surface area contributed by atoms with Gasteiger partial charge in [0.15, 0.2) is 11.5 Å². The topological polar surface area (TPSA) is 91.7 Å². The monoisotopic (exact) mass is 408 g/mol. The van der Waals surface area contributed by atoms with Crippen LogP contribution >= 0.6 is 0 Å². The minimum absolute atomic E-state index is 0.417. The summed E-state index contributed by atoms with van der Waals surface area (Å²) in [6, 6.07) is 17.7. The Hall–Kier alpha value is -4.26. The van der Waals surface area contributed by atoms with Crippen molar-refractivity contribution < 1.29 is 4.74 Å². The third kappa shape index (κ3) is 3.26. The van der Waals surface area contributed by atoms with Crippen LogP contribution in [0.1, 0.15) is 5.56 Å². The van der Waals surface area contributed by atoms with Gasteiger partial charge in [-0.05, 0) is 49.4 Å². The largest absolute Gasteiger partial charge is 0.496 e. The molecule has 5 aromatic rings.